The second-order valence-corrected chi connectivity index (χ2v) is 7.86. The van der Waals surface area contributed by atoms with Crippen LogP contribution in [0.15, 0.2) is 47.5 Å². The summed E-state index contributed by atoms with van der Waals surface area (Å²) in [6.45, 7) is 2.08. The summed E-state index contributed by atoms with van der Waals surface area (Å²) in [7, 11) is 0. The summed E-state index contributed by atoms with van der Waals surface area (Å²) in [5.41, 5.74) is 2.33. The van der Waals surface area contributed by atoms with Gasteiger partial charge in [0.05, 0.1) is 21.4 Å². The Hall–Kier alpha value is -2.02. The van der Waals surface area contributed by atoms with Crippen molar-refractivity contribution in [2.75, 3.05) is 5.32 Å². The maximum absolute atomic E-state index is 12.6. The fraction of sp³-hybridized carbons (Fsp3) is 0.211. The van der Waals surface area contributed by atoms with Crippen LogP contribution in [-0.2, 0) is 16.0 Å². The van der Waals surface area contributed by atoms with Crippen molar-refractivity contribution in [3.63, 3.8) is 0 Å². The third kappa shape index (κ3) is 5.03. The van der Waals surface area contributed by atoms with Crippen LogP contribution < -0.4 is 10.6 Å². The lowest BCUT2D eigenvalue weighted by molar-refractivity contribution is -0.123. The maximum atomic E-state index is 12.6. The highest BCUT2D eigenvalue weighted by Gasteiger charge is 2.30. The summed E-state index contributed by atoms with van der Waals surface area (Å²) in [4.78, 5) is 29.0. The van der Waals surface area contributed by atoms with Gasteiger partial charge in [0.1, 0.15) is 5.25 Å². The van der Waals surface area contributed by atoms with Gasteiger partial charge in [-0.2, -0.15) is 0 Å². The van der Waals surface area contributed by atoms with Crippen LogP contribution in [0.25, 0.3) is 0 Å². The predicted octanol–water partition coefficient (Wildman–Crippen LogP) is 4.80. The number of hydrogen-bond acceptors (Lipinski definition) is 4. The predicted molar refractivity (Wildman–Crippen MR) is 112 cm³/mol. The van der Waals surface area contributed by atoms with Gasteiger partial charge < -0.3 is 10.6 Å². The number of carbonyl (C=O) groups is 2. The molecule has 0 radical (unpaired) electrons. The van der Waals surface area contributed by atoms with E-state index in [2.05, 4.69) is 22.5 Å². The van der Waals surface area contributed by atoms with E-state index in [1.165, 1.54) is 17.3 Å². The van der Waals surface area contributed by atoms with Crippen LogP contribution in [-0.4, -0.2) is 22.2 Å². The van der Waals surface area contributed by atoms with Crippen molar-refractivity contribution in [2.24, 2.45) is 4.99 Å². The summed E-state index contributed by atoms with van der Waals surface area (Å²) >= 11 is 13.3. The highest BCUT2D eigenvalue weighted by Crippen LogP contribution is 2.31. The Morgan fingerprint density at radius 1 is 1.26 bits per heavy atom. The molecule has 2 aromatic carbocycles. The molecule has 0 spiro atoms. The van der Waals surface area contributed by atoms with Crippen LogP contribution in [0.2, 0.25) is 10.0 Å². The molecular formula is C19H17Cl2N3O2S. The Labute approximate surface area is 171 Å². The number of benzene rings is 2. The van der Waals surface area contributed by atoms with Gasteiger partial charge in [0.25, 0.3) is 0 Å². The molecule has 1 atom stereocenters. The minimum absolute atomic E-state index is 0.0580. The first-order valence-corrected chi connectivity index (χ1v) is 9.99. The largest absolute Gasteiger partial charge is 0.324 e. The van der Waals surface area contributed by atoms with E-state index in [1.54, 1.807) is 18.2 Å². The number of anilines is 1. The minimum Gasteiger partial charge on any atom is -0.324 e. The van der Waals surface area contributed by atoms with E-state index in [-0.39, 0.29) is 23.3 Å². The molecular weight excluding hydrogens is 405 g/mol. The molecule has 0 bridgehead atoms. The van der Waals surface area contributed by atoms with Crippen LogP contribution in [0.1, 0.15) is 18.9 Å². The van der Waals surface area contributed by atoms with E-state index >= 15 is 0 Å². The normalized spacial score (nSPS) is 18.3. The molecule has 3 rings (SSSR count). The van der Waals surface area contributed by atoms with Gasteiger partial charge in [-0.25, -0.2) is 4.99 Å². The number of nitrogens with zero attached hydrogens (tertiary/aromatic N) is 1. The molecule has 1 saturated heterocycles. The average molecular weight is 422 g/mol. The van der Waals surface area contributed by atoms with Gasteiger partial charge >= 0.3 is 0 Å². The van der Waals surface area contributed by atoms with Gasteiger partial charge in [-0.15, -0.1) is 0 Å². The molecule has 2 amide bonds. The van der Waals surface area contributed by atoms with Crippen molar-refractivity contribution in [2.45, 2.75) is 25.0 Å². The molecule has 1 fully saturated rings. The first-order valence-electron chi connectivity index (χ1n) is 8.35. The molecule has 2 N–H and O–H groups in total. The Bertz CT molecular complexity index is 900. The first-order chi connectivity index (χ1) is 13.0. The van der Waals surface area contributed by atoms with E-state index < -0.39 is 5.25 Å². The molecule has 1 aliphatic rings. The van der Waals surface area contributed by atoms with E-state index in [9.17, 15) is 9.59 Å². The van der Waals surface area contributed by atoms with E-state index in [4.69, 9.17) is 23.2 Å². The van der Waals surface area contributed by atoms with Crippen molar-refractivity contribution in [1.29, 1.82) is 0 Å². The SMILES string of the molecule is CCc1ccc(N=C2NC(=O)CC(C(=O)Nc3cccc(Cl)c3Cl)S2)cc1. The van der Waals surface area contributed by atoms with Crippen LogP contribution in [0, 0.1) is 0 Å². The van der Waals surface area contributed by atoms with Gasteiger partial charge in [0.2, 0.25) is 11.8 Å². The van der Waals surface area contributed by atoms with E-state index in [0.29, 0.717) is 21.6 Å². The fourth-order valence-corrected chi connectivity index (χ4v) is 3.83. The number of hydrogen-bond donors (Lipinski definition) is 2. The number of thioether (sulfide) groups is 1. The molecule has 1 heterocycles. The first kappa shape index (κ1) is 19.7. The summed E-state index contributed by atoms with van der Waals surface area (Å²) in [5.74, 6) is -0.580. The zero-order valence-corrected chi connectivity index (χ0v) is 16.8. The monoisotopic (exact) mass is 421 g/mol. The van der Waals surface area contributed by atoms with Crippen LogP contribution in [0.5, 0.6) is 0 Å². The molecule has 1 unspecified atom stereocenters. The molecule has 0 saturated carbocycles. The Kier molecular flexibility index (Phi) is 6.42. The Morgan fingerprint density at radius 3 is 2.70 bits per heavy atom. The van der Waals surface area contributed by atoms with Gasteiger partial charge in [-0.1, -0.05) is 60.1 Å². The molecule has 8 heteroatoms. The van der Waals surface area contributed by atoms with Crippen LogP contribution in [0.3, 0.4) is 0 Å². The number of aliphatic imine (C=N–C) groups is 1. The smallest absolute Gasteiger partial charge is 0.238 e. The zero-order valence-electron chi connectivity index (χ0n) is 14.5. The molecule has 27 heavy (non-hydrogen) atoms. The molecule has 2 aromatic rings. The number of nitrogens with one attached hydrogen (secondary N) is 2. The van der Waals surface area contributed by atoms with Crippen LogP contribution >= 0.6 is 35.0 Å². The van der Waals surface area contributed by atoms with E-state index in [0.717, 1.165) is 6.42 Å². The third-order valence-electron chi connectivity index (χ3n) is 3.95. The number of aryl methyl sites for hydroxylation is 1. The van der Waals surface area contributed by atoms with Gasteiger partial charge in [0.15, 0.2) is 5.17 Å². The zero-order chi connectivity index (χ0) is 19.4. The lowest BCUT2D eigenvalue weighted by atomic mass is 10.2. The van der Waals surface area contributed by atoms with Gasteiger partial charge in [-0.3, -0.25) is 9.59 Å². The molecule has 5 nitrogen and oxygen atoms in total. The number of rotatable bonds is 4. The summed E-state index contributed by atoms with van der Waals surface area (Å²) < 4.78 is 0. The van der Waals surface area contributed by atoms with Crippen molar-refractivity contribution in [3.8, 4) is 0 Å². The highest BCUT2D eigenvalue weighted by atomic mass is 35.5. The van der Waals surface area contributed by atoms with Crippen molar-refractivity contribution in [1.82, 2.24) is 5.32 Å². The molecule has 140 valence electrons. The number of amidine groups is 1. The number of carbonyl (C=O) groups excluding carboxylic acids is 2. The molecule has 1 aliphatic heterocycles. The van der Waals surface area contributed by atoms with E-state index in [1.807, 2.05) is 24.3 Å². The molecule has 0 aromatic heterocycles. The second-order valence-electron chi connectivity index (χ2n) is 5.89. The summed E-state index contributed by atoms with van der Waals surface area (Å²) in [5, 5.41) is 5.84. The van der Waals surface area contributed by atoms with Crippen molar-refractivity contribution in [3.05, 3.63) is 58.1 Å². The topological polar surface area (TPSA) is 70.6 Å². The quantitative estimate of drug-likeness (QED) is 0.744. The lowest BCUT2D eigenvalue weighted by Crippen LogP contribution is -2.41. The lowest BCUT2D eigenvalue weighted by Gasteiger charge is -2.22. The summed E-state index contributed by atoms with van der Waals surface area (Å²) in [6.07, 6.45) is 0.999. The van der Waals surface area contributed by atoms with Crippen molar-refractivity contribution < 1.29 is 9.59 Å². The van der Waals surface area contributed by atoms with Crippen LogP contribution in [0.4, 0.5) is 11.4 Å². The number of halogens is 2. The minimum atomic E-state index is -0.609. The Morgan fingerprint density at radius 2 is 2.00 bits per heavy atom. The standard InChI is InChI=1S/C19H17Cl2N3O2S/c1-2-11-6-8-12(9-7-11)22-19-24-16(25)10-15(27-19)18(26)23-14-5-3-4-13(20)17(14)21/h3-9,15H,2,10H2,1H3,(H,23,26)(H,22,24,25). The Balaban J connectivity index is 1.74. The highest BCUT2D eigenvalue weighted by molar-refractivity contribution is 8.15. The van der Waals surface area contributed by atoms with Gasteiger partial charge in [0, 0.05) is 6.42 Å². The van der Waals surface area contributed by atoms with Gasteiger partial charge in [-0.05, 0) is 36.2 Å². The molecule has 0 aliphatic carbocycles. The maximum Gasteiger partial charge on any atom is 0.238 e. The van der Waals surface area contributed by atoms with Crippen molar-refractivity contribution >= 4 is 63.3 Å². The third-order valence-corrected chi connectivity index (χ3v) is 5.85. The average Bonchev–Trinajstić information content (AvgIpc) is 2.65. The fourth-order valence-electron chi connectivity index (χ4n) is 2.48. The number of amides is 2. The summed E-state index contributed by atoms with van der Waals surface area (Å²) in [6, 6.07) is 12.7. The second kappa shape index (κ2) is 8.78.